The average molecular weight is 289 g/mol. The van der Waals surface area contributed by atoms with Crippen LogP contribution >= 0.6 is 0 Å². The van der Waals surface area contributed by atoms with E-state index in [2.05, 4.69) is 4.99 Å². The smallest absolute Gasteiger partial charge is 0.475 e. The fourth-order valence-electron chi connectivity index (χ4n) is 1.26. The lowest BCUT2D eigenvalue weighted by Crippen LogP contribution is -2.35. The van der Waals surface area contributed by atoms with Gasteiger partial charge in [0.15, 0.2) is 0 Å². The third-order valence-electron chi connectivity index (χ3n) is 2.19. The Kier molecular flexibility index (Phi) is 4.68. The molecule has 2 rings (SSSR count). The molecule has 1 heterocycles. The Morgan fingerprint density at radius 2 is 1.85 bits per heavy atom. The molecule has 0 atom stereocenters. The summed E-state index contributed by atoms with van der Waals surface area (Å²) in [4.78, 5) is 25.2. The number of para-hydroxylation sites is 1. The minimum Gasteiger partial charge on any atom is -0.475 e. The van der Waals surface area contributed by atoms with Crippen LogP contribution in [0.2, 0.25) is 0 Å². The summed E-state index contributed by atoms with van der Waals surface area (Å²) in [5.41, 5.74) is 7.04. The summed E-state index contributed by atoms with van der Waals surface area (Å²) >= 11 is 0. The second kappa shape index (κ2) is 6.04. The number of hydrogen-bond acceptors (Lipinski definition) is 3. The molecular formula is C11H10F3N3O3. The second-order valence-electron chi connectivity index (χ2n) is 3.64. The van der Waals surface area contributed by atoms with Crippen LogP contribution in [0.1, 0.15) is 5.56 Å². The Hall–Kier alpha value is -2.58. The third kappa shape index (κ3) is 4.26. The Bertz CT molecular complexity index is 543. The molecule has 1 aromatic rings. The number of fused-ring (bicyclic) bond motifs is 1. The first-order chi connectivity index (χ1) is 9.21. The summed E-state index contributed by atoms with van der Waals surface area (Å²) in [7, 11) is 0. The third-order valence-corrected chi connectivity index (χ3v) is 2.19. The zero-order valence-corrected chi connectivity index (χ0v) is 9.96. The van der Waals surface area contributed by atoms with Gasteiger partial charge in [-0.1, -0.05) is 18.2 Å². The molecule has 1 aromatic carbocycles. The Morgan fingerprint density at radius 1 is 1.30 bits per heavy atom. The van der Waals surface area contributed by atoms with Crippen LogP contribution in [0.5, 0.6) is 0 Å². The maximum absolute atomic E-state index is 10.8. The first-order valence-corrected chi connectivity index (χ1v) is 5.20. The molecule has 0 fully saturated rings. The Morgan fingerprint density at radius 3 is 2.35 bits per heavy atom. The summed E-state index contributed by atoms with van der Waals surface area (Å²) < 4.78 is 31.7. The molecule has 3 N–H and O–H groups in total. The second-order valence-corrected chi connectivity index (χ2v) is 3.64. The number of amides is 2. The number of carboxylic acid groups (broad SMARTS) is 1. The molecule has 1 aliphatic rings. The van der Waals surface area contributed by atoms with Crippen molar-refractivity contribution in [1.29, 1.82) is 0 Å². The zero-order valence-electron chi connectivity index (χ0n) is 9.96. The number of alkyl halides is 3. The number of rotatable bonds is 0. The molecule has 0 aromatic heterocycles. The number of nitrogens with two attached hydrogens (primary N) is 1. The number of nitrogens with zero attached hydrogens (tertiary/aromatic N) is 2. The fraction of sp³-hybridized carbons (Fsp3) is 0.182. The van der Waals surface area contributed by atoms with E-state index in [0.29, 0.717) is 6.54 Å². The quantitative estimate of drug-likeness (QED) is 0.763. The maximum atomic E-state index is 10.8. The number of hydrogen-bond donors (Lipinski definition) is 2. The fourth-order valence-corrected chi connectivity index (χ4v) is 1.26. The average Bonchev–Trinajstić information content (AvgIpc) is 2.37. The molecule has 0 aliphatic carbocycles. The van der Waals surface area contributed by atoms with Gasteiger partial charge in [-0.2, -0.15) is 13.2 Å². The van der Waals surface area contributed by atoms with Gasteiger partial charge in [-0.25, -0.2) is 14.6 Å². The van der Waals surface area contributed by atoms with Crippen molar-refractivity contribution in [3.8, 4) is 0 Å². The highest BCUT2D eigenvalue weighted by atomic mass is 19.4. The monoisotopic (exact) mass is 289 g/mol. The van der Waals surface area contributed by atoms with Crippen LogP contribution < -0.4 is 5.73 Å². The summed E-state index contributed by atoms with van der Waals surface area (Å²) in [6.07, 6.45) is -3.62. The number of carbonyl (C=O) groups is 2. The van der Waals surface area contributed by atoms with Crippen molar-refractivity contribution >= 4 is 24.0 Å². The summed E-state index contributed by atoms with van der Waals surface area (Å²) in [5.74, 6) is -2.76. The van der Waals surface area contributed by atoms with Crippen LogP contribution in [0.4, 0.5) is 23.7 Å². The molecule has 0 spiro atoms. The highest BCUT2D eigenvalue weighted by molar-refractivity contribution is 5.87. The van der Waals surface area contributed by atoms with E-state index in [1.807, 2.05) is 24.3 Å². The molecule has 0 radical (unpaired) electrons. The lowest BCUT2D eigenvalue weighted by Gasteiger charge is -2.19. The molecule has 0 saturated carbocycles. The van der Waals surface area contributed by atoms with E-state index in [4.69, 9.17) is 15.6 Å². The minimum atomic E-state index is -5.08. The predicted octanol–water partition coefficient (Wildman–Crippen LogP) is 1.87. The molecule has 6 nitrogen and oxygen atoms in total. The highest BCUT2D eigenvalue weighted by Crippen LogP contribution is 2.22. The topological polar surface area (TPSA) is 96.0 Å². The van der Waals surface area contributed by atoms with Gasteiger partial charge in [0.1, 0.15) is 0 Å². The van der Waals surface area contributed by atoms with E-state index in [-0.39, 0.29) is 0 Å². The van der Waals surface area contributed by atoms with E-state index in [0.717, 1.165) is 11.3 Å². The minimum absolute atomic E-state index is 0.474. The van der Waals surface area contributed by atoms with Gasteiger partial charge in [-0.15, -0.1) is 0 Å². The van der Waals surface area contributed by atoms with Gasteiger partial charge in [0.25, 0.3) is 0 Å². The van der Waals surface area contributed by atoms with Gasteiger partial charge in [-0.05, 0) is 11.6 Å². The molecular weight excluding hydrogens is 279 g/mol. The first-order valence-electron chi connectivity index (χ1n) is 5.20. The first kappa shape index (κ1) is 15.5. The van der Waals surface area contributed by atoms with Gasteiger partial charge in [0.2, 0.25) is 0 Å². The number of carbonyl (C=O) groups excluding carboxylic acids is 1. The van der Waals surface area contributed by atoms with E-state index >= 15 is 0 Å². The SMILES string of the molecule is NC(=O)N1C=Nc2ccccc2C1.O=C(O)C(F)(F)F. The van der Waals surface area contributed by atoms with Crippen molar-refractivity contribution < 1.29 is 27.9 Å². The Labute approximate surface area is 111 Å². The van der Waals surface area contributed by atoms with Gasteiger partial charge < -0.3 is 10.8 Å². The van der Waals surface area contributed by atoms with E-state index < -0.39 is 18.2 Å². The van der Waals surface area contributed by atoms with Gasteiger partial charge in [-0.3, -0.25) is 4.90 Å². The van der Waals surface area contributed by atoms with Crippen LogP contribution in [0.25, 0.3) is 0 Å². The number of urea groups is 1. The number of primary amides is 1. The van der Waals surface area contributed by atoms with Gasteiger partial charge >= 0.3 is 18.2 Å². The maximum Gasteiger partial charge on any atom is 0.490 e. The predicted molar refractivity (Wildman–Crippen MR) is 63.4 cm³/mol. The lowest BCUT2D eigenvalue weighted by atomic mass is 10.1. The molecule has 9 heteroatoms. The van der Waals surface area contributed by atoms with Crippen LogP contribution in [0.3, 0.4) is 0 Å². The van der Waals surface area contributed by atoms with E-state index in [1.165, 1.54) is 11.2 Å². The van der Waals surface area contributed by atoms with Crippen molar-refractivity contribution in [3.05, 3.63) is 29.8 Å². The molecule has 108 valence electrons. The molecule has 0 unspecified atom stereocenters. The van der Waals surface area contributed by atoms with Gasteiger partial charge in [0, 0.05) is 0 Å². The summed E-state index contributed by atoms with van der Waals surface area (Å²) in [5, 5.41) is 7.12. The number of carboxylic acids is 1. The van der Waals surface area contributed by atoms with Crippen LogP contribution in [-0.4, -0.2) is 34.5 Å². The van der Waals surface area contributed by atoms with Crippen LogP contribution in [0.15, 0.2) is 29.3 Å². The molecule has 0 saturated heterocycles. The summed E-state index contributed by atoms with van der Waals surface area (Å²) in [6, 6.07) is 7.19. The normalized spacial score (nSPS) is 13.1. The van der Waals surface area contributed by atoms with Gasteiger partial charge in [0.05, 0.1) is 18.6 Å². The van der Waals surface area contributed by atoms with E-state index in [9.17, 15) is 18.0 Å². The van der Waals surface area contributed by atoms with Crippen LogP contribution in [-0.2, 0) is 11.3 Å². The summed E-state index contributed by atoms with van der Waals surface area (Å²) in [6.45, 7) is 0.509. The number of aliphatic imine (C=N–C) groups is 1. The van der Waals surface area contributed by atoms with Crippen molar-refractivity contribution in [2.75, 3.05) is 0 Å². The zero-order chi connectivity index (χ0) is 15.3. The molecule has 1 aliphatic heterocycles. The van der Waals surface area contributed by atoms with E-state index in [1.54, 1.807) is 0 Å². The van der Waals surface area contributed by atoms with Crippen molar-refractivity contribution in [1.82, 2.24) is 4.90 Å². The molecule has 20 heavy (non-hydrogen) atoms. The van der Waals surface area contributed by atoms with Crippen molar-refractivity contribution in [2.45, 2.75) is 12.7 Å². The standard InChI is InChI=1S/C9H9N3O.C2HF3O2/c10-9(13)12-5-7-3-1-2-4-8(7)11-6-12;3-2(4,5)1(6)7/h1-4,6H,5H2,(H2,10,13);(H,6,7). The largest absolute Gasteiger partial charge is 0.490 e. The molecule has 2 amide bonds. The highest BCUT2D eigenvalue weighted by Gasteiger charge is 2.38. The van der Waals surface area contributed by atoms with Crippen molar-refractivity contribution in [3.63, 3.8) is 0 Å². The number of benzene rings is 1. The van der Waals surface area contributed by atoms with Crippen LogP contribution in [0, 0.1) is 0 Å². The molecule has 0 bridgehead atoms. The lowest BCUT2D eigenvalue weighted by molar-refractivity contribution is -0.192. The number of aliphatic carboxylic acids is 1. The van der Waals surface area contributed by atoms with Crippen molar-refractivity contribution in [2.24, 2.45) is 10.7 Å². The Balaban J connectivity index is 0.000000246. The number of halogens is 3.